The fourth-order valence-corrected chi connectivity index (χ4v) is 9.10. The molecule has 0 bridgehead atoms. The molecule has 444 valence electrons. The topological polar surface area (TPSA) is 152 Å². The summed E-state index contributed by atoms with van der Waals surface area (Å²) in [4.78, 5) is 70.8. The number of Topliss-reactive ketones (excluding diaryl/α,β-unsaturated/α-hetero) is 1. The van der Waals surface area contributed by atoms with Gasteiger partial charge in [-0.05, 0) is 143 Å². The number of carbonyl (C=O) groups excluding carboxylic acids is 6. The number of allylic oxidation sites excluding steroid dienone is 4. The van der Waals surface area contributed by atoms with Crippen LogP contribution in [0.4, 0.5) is 0 Å². The van der Waals surface area contributed by atoms with Crippen molar-refractivity contribution in [1.29, 1.82) is 0 Å². The normalized spacial score (nSPS) is 11.7. The molecule has 12 nitrogen and oxygen atoms in total. The van der Waals surface area contributed by atoms with E-state index in [2.05, 4.69) is 43.4 Å². The number of carbonyl (C=O) groups is 6. The highest BCUT2D eigenvalue weighted by Crippen LogP contribution is 2.19. The van der Waals surface area contributed by atoms with Crippen molar-refractivity contribution in [3.63, 3.8) is 0 Å². The molecule has 0 aromatic heterocycles. The Labute approximate surface area is 466 Å². The Kier molecular flexibility index (Phi) is 59.5. The lowest BCUT2D eigenvalue weighted by atomic mass is 10.0. The molecule has 0 aromatic rings. The van der Waals surface area contributed by atoms with E-state index in [0.29, 0.717) is 37.9 Å². The number of methoxy groups -OCH3 is 4. The van der Waals surface area contributed by atoms with Crippen LogP contribution in [-0.2, 0) is 52.5 Å². The maximum atomic E-state index is 12.4. The molecule has 0 aliphatic carbocycles. The average Bonchev–Trinajstić information content (AvgIpc) is 3.41. The van der Waals surface area contributed by atoms with E-state index in [4.69, 9.17) is 9.47 Å². The van der Waals surface area contributed by atoms with Gasteiger partial charge in [-0.15, -0.1) is 0 Å². The zero-order valence-electron chi connectivity index (χ0n) is 50.1. The summed E-state index contributed by atoms with van der Waals surface area (Å²) in [6.07, 6.45) is 57.4. The van der Waals surface area contributed by atoms with Crippen LogP contribution in [0.3, 0.4) is 0 Å². The van der Waals surface area contributed by atoms with Crippen molar-refractivity contribution in [3.05, 3.63) is 24.3 Å². The van der Waals surface area contributed by atoms with Gasteiger partial charge in [0.15, 0.2) is 0 Å². The molecule has 1 unspecified atom stereocenters. The van der Waals surface area contributed by atoms with Crippen LogP contribution < -0.4 is 0 Å². The smallest absolute Gasteiger partial charge is 0.306 e. The second kappa shape index (κ2) is 60.7. The van der Waals surface area contributed by atoms with Gasteiger partial charge in [0.1, 0.15) is 11.9 Å². The Morgan fingerprint density at radius 2 is 0.539 bits per heavy atom. The zero-order valence-corrected chi connectivity index (χ0v) is 50.1. The lowest BCUT2D eigenvalue weighted by Crippen LogP contribution is -2.20. The van der Waals surface area contributed by atoms with Gasteiger partial charge < -0.3 is 28.6 Å². The van der Waals surface area contributed by atoms with E-state index in [1.165, 1.54) is 150 Å². The Morgan fingerprint density at radius 1 is 0.303 bits per heavy atom. The molecule has 0 N–H and O–H groups in total. The summed E-state index contributed by atoms with van der Waals surface area (Å²) in [5.74, 6) is -0.0837. The molecule has 12 heteroatoms. The van der Waals surface area contributed by atoms with Crippen LogP contribution in [0.5, 0.6) is 0 Å². The van der Waals surface area contributed by atoms with Crippen molar-refractivity contribution in [3.8, 4) is 0 Å². The summed E-state index contributed by atoms with van der Waals surface area (Å²) >= 11 is 0. The summed E-state index contributed by atoms with van der Waals surface area (Å²) < 4.78 is 24.5. The minimum absolute atomic E-state index is 0.0388. The quantitative estimate of drug-likeness (QED) is 0.0247. The van der Waals surface area contributed by atoms with Gasteiger partial charge in [-0.1, -0.05) is 153 Å². The van der Waals surface area contributed by atoms with Crippen molar-refractivity contribution >= 4 is 35.6 Å². The van der Waals surface area contributed by atoms with E-state index in [1.807, 2.05) is 14.1 Å². The Balaban J connectivity index is 0. The number of unbranched alkanes of at least 4 members (excludes halogenated alkanes) is 30. The third-order valence-corrected chi connectivity index (χ3v) is 14.0. The van der Waals surface area contributed by atoms with E-state index in [9.17, 15) is 28.8 Å². The van der Waals surface area contributed by atoms with Crippen LogP contribution >= 0.6 is 0 Å². The molecule has 0 heterocycles. The zero-order chi connectivity index (χ0) is 56.2. The number of rotatable bonds is 55. The van der Waals surface area contributed by atoms with Crippen LogP contribution in [-0.4, -0.2) is 95.7 Å². The molecule has 0 fully saturated rings. The largest absolute Gasteiger partial charge is 0.469 e. The van der Waals surface area contributed by atoms with Gasteiger partial charge in [-0.2, -0.15) is 0 Å². The standard InChI is InChI=1S/C35H65NO6.C29H52O5/c1-36(2)31-25-30-35(39)42-32(27-22-18-16-20-24-29-34(38)41-4)26-21-17-14-12-10-8-6-5-7-9-11-13-15-19-23-28-33(37)40-3;1-33-28(31)25-21-17-13-11-9-7-5-3-4-6-8-10-12-15-19-23-27(30)24-20-16-14-18-22-26-29(32)34-2/h5,7,32H,6,8-31H2,1-4H3;3,5H,4,6-26H2,1-2H3/b7-5-;5-3-. The summed E-state index contributed by atoms with van der Waals surface area (Å²) in [7, 11) is 9.82. The van der Waals surface area contributed by atoms with Crippen molar-refractivity contribution in [1.82, 2.24) is 4.90 Å². The first kappa shape index (κ1) is 74.5. The number of hydrogen-bond acceptors (Lipinski definition) is 12. The Bertz CT molecular complexity index is 1410. The third-order valence-electron chi connectivity index (χ3n) is 14.0. The molecule has 76 heavy (non-hydrogen) atoms. The molecule has 0 rings (SSSR count). The number of ketones is 1. The fourth-order valence-electron chi connectivity index (χ4n) is 9.10. The molecule has 0 aliphatic heterocycles. The average molecular weight is 1080 g/mol. The van der Waals surface area contributed by atoms with Crippen molar-refractivity contribution < 1.29 is 52.5 Å². The molecular formula is C64H117NO11. The molecule has 0 saturated heterocycles. The second-order valence-corrected chi connectivity index (χ2v) is 21.4. The monoisotopic (exact) mass is 1080 g/mol. The Morgan fingerprint density at radius 3 is 0.816 bits per heavy atom. The van der Waals surface area contributed by atoms with Crippen molar-refractivity contribution in [2.45, 2.75) is 301 Å². The number of nitrogens with zero attached hydrogens (tertiary/aromatic N) is 1. The molecule has 0 spiro atoms. The minimum Gasteiger partial charge on any atom is -0.469 e. The van der Waals surface area contributed by atoms with Crippen LogP contribution in [0.25, 0.3) is 0 Å². The van der Waals surface area contributed by atoms with Crippen LogP contribution in [0.2, 0.25) is 0 Å². The highest BCUT2D eigenvalue weighted by atomic mass is 16.5. The van der Waals surface area contributed by atoms with E-state index in [0.717, 1.165) is 148 Å². The van der Waals surface area contributed by atoms with Crippen molar-refractivity contribution in [2.75, 3.05) is 49.1 Å². The van der Waals surface area contributed by atoms with Gasteiger partial charge in [-0.3, -0.25) is 28.8 Å². The number of esters is 5. The van der Waals surface area contributed by atoms with Crippen LogP contribution in [0.15, 0.2) is 24.3 Å². The third kappa shape index (κ3) is 61.3. The lowest BCUT2D eigenvalue weighted by molar-refractivity contribution is -0.150. The fraction of sp³-hybridized carbons (Fsp3) is 0.844. The van der Waals surface area contributed by atoms with Gasteiger partial charge in [0.2, 0.25) is 0 Å². The van der Waals surface area contributed by atoms with Gasteiger partial charge in [-0.25, -0.2) is 0 Å². The molecule has 0 saturated carbocycles. The molecule has 1 atom stereocenters. The van der Waals surface area contributed by atoms with Crippen LogP contribution in [0, 0.1) is 0 Å². The lowest BCUT2D eigenvalue weighted by Gasteiger charge is -2.18. The molecule has 0 aromatic carbocycles. The molecule has 0 aliphatic rings. The van der Waals surface area contributed by atoms with Gasteiger partial charge in [0, 0.05) is 44.9 Å². The van der Waals surface area contributed by atoms with Crippen LogP contribution in [0.1, 0.15) is 295 Å². The Hall–Kier alpha value is -3.54. The van der Waals surface area contributed by atoms with E-state index < -0.39 is 0 Å². The first-order chi connectivity index (χ1) is 37.0. The SMILES string of the molecule is COC(=O)CCCCCCC/C=C\CCCCCCCCC(=O)CCCCCCCC(=O)OC.COC(=O)CCCCCCC/C=C\CCCCCCCCC(CCCCCCCC(=O)OC)OC(=O)CCCN(C)C. The van der Waals surface area contributed by atoms with E-state index >= 15 is 0 Å². The van der Waals surface area contributed by atoms with Gasteiger partial charge in [0.05, 0.1) is 28.4 Å². The first-order valence-corrected chi connectivity index (χ1v) is 30.9. The molecular weight excluding hydrogens is 959 g/mol. The van der Waals surface area contributed by atoms with Crippen molar-refractivity contribution in [2.24, 2.45) is 0 Å². The second-order valence-electron chi connectivity index (χ2n) is 21.4. The maximum Gasteiger partial charge on any atom is 0.306 e. The van der Waals surface area contributed by atoms with E-state index in [1.54, 1.807) is 0 Å². The molecule has 0 amide bonds. The summed E-state index contributed by atoms with van der Waals surface area (Å²) in [6.45, 7) is 0.905. The number of hydrogen-bond donors (Lipinski definition) is 0. The van der Waals surface area contributed by atoms with Gasteiger partial charge >= 0.3 is 29.8 Å². The first-order valence-electron chi connectivity index (χ1n) is 30.9. The molecule has 0 radical (unpaired) electrons. The van der Waals surface area contributed by atoms with Gasteiger partial charge in [0.25, 0.3) is 0 Å². The highest BCUT2D eigenvalue weighted by molar-refractivity contribution is 5.78. The summed E-state index contributed by atoms with van der Waals surface area (Å²) in [5, 5.41) is 0. The highest BCUT2D eigenvalue weighted by Gasteiger charge is 2.15. The predicted octanol–water partition coefficient (Wildman–Crippen LogP) is 16.8. The number of ether oxygens (including phenoxy) is 5. The minimum atomic E-state index is -0.129. The summed E-state index contributed by atoms with van der Waals surface area (Å²) in [6, 6.07) is 0. The predicted molar refractivity (Wildman–Crippen MR) is 312 cm³/mol. The summed E-state index contributed by atoms with van der Waals surface area (Å²) in [5.41, 5.74) is 0. The maximum absolute atomic E-state index is 12.4. The van der Waals surface area contributed by atoms with E-state index in [-0.39, 0.29) is 36.0 Å².